The van der Waals surface area contributed by atoms with Crippen LogP contribution in [-0.4, -0.2) is 65.0 Å². The molecule has 120 valence electrons. The van der Waals surface area contributed by atoms with Crippen molar-refractivity contribution in [3.8, 4) is 0 Å². The Balaban J connectivity index is 2.77. The Morgan fingerprint density at radius 2 is 2.00 bits per heavy atom. The van der Waals surface area contributed by atoms with Crippen molar-refractivity contribution in [2.24, 2.45) is 5.92 Å². The molecule has 1 aliphatic rings. The molecule has 7 heteroatoms. The lowest BCUT2D eigenvalue weighted by atomic mass is 9.92. The van der Waals surface area contributed by atoms with Crippen LogP contribution in [0.3, 0.4) is 0 Å². The Morgan fingerprint density at radius 3 is 2.52 bits per heavy atom. The average Bonchev–Trinajstić information content (AvgIpc) is 2.44. The van der Waals surface area contributed by atoms with Crippen LogP contribution in [-0.2, 0) is 9.59 Å². The van der Waals surface area contributed by atoms with Gasteiger partial charge in [-0.15, -0.1) is 0 Å². The second kappa shape index (κ2) is 7.85. The zero-order valence-electron chi connectivity index (χ0n) is 13.0. The van der Waals surface area contributed by atoms with E-state index in [9.17, 15) is 19.5 Å². The summed E-state index contributed by atoms with van der Waals surface area (Å²) in [6.45, 7) is 6.83. The van der Waals surface area contributed by atoms with Crippen molar-refractivity contribution >= 4 is 17.9 Å². The maximum Gasteiger partial charge on any atom is 0.326 e. The van der Waals surface area contributed by atoms with Crippen molar-refractivity contribution in [2.45, 2.75) is 39.7 Å². The molecule has 0 spiro atoms. The first-order valence-corrected chi connectivity index (χ1v) is 7.45. The van der Waals surface area contributed by atoms with Crippen LogP contribution >= 0.6 is 0 Å². The van der Waals surface area contributed by atoms with E-state index in [1.807, 2.05) is 13.8 Å². The zero-order valence-corrected chi connectivity index (χ0v) is 13.0. The number of urea groups is 1. The van der Waals surface area contributed by atoms with Crippen molar-refractivity contribution in [1.82, 2.24) is 15.1 Å². The molecular weight excluding hydrogens is 274 g/mol. The molecule has 0 radical (unpaired) electrons. The lowest BCUT2D eigenvalue weighted by Crippen LogP contribution is -2.55. The zero-order chi connectivity index (χ0) is 16.0. The highest BCUT2D eigenvalue weighted by atomic mass is 16.4. The molecule has 0 aliphatic carbocycles. The normalized spacial score (nSPS) is 21.8. The van der Waals surface area contributed by atoms with Crippen LogP contribution < -0.4 is 5.32 Å². The van der Waals surface area contributed by atoms with Crippen molar-refractivity contribution in [2.75, 3.05) is 26.2 Å². The smallest absolute Gasteiger partial charge is 0.326 e. The van der Waals surface area contributed by atoms with Crippen LogP contribution in [0.4, 0.5) is 4.79 Å². The summed E-state index contributed by atoms with van der Waals surface area (Å²) in [4.78, 5) is 38.3. The van der Waals surface area contributed by atoms with E-state index in [-0.39, 0.29) is 24.4 Å². The number of piperidine rings is 1. The minimum absolute atomic E-state index is 0.0401. The Hall–Kier alpha value is -1.79. The molecule has 1 heterocycles. The second-order valence-electron chi connectivity index (χ2n) is 5.43. The molecule has 1 fully saturated rings. The summed E-state index contributed by atoms with van der Waals surface area (Å²) < 4.78 is 0. The first-order chi connectivity index (χ1) is 9.90. The van der Waals surface area contributed by atoms with Crippen LogP contribution in [0.5, 0.6) is 0 Å². The highest BCUT2D eigenvalue weighted by Gasteiger charge is 2.36. The van der Waals surface area contributed by atoms with Gasteiger partial charge in [-0.25, -0.2) is 9.59 Å². The second-order valence-corrected chi connectivity index (χ2v) is 5.43. The molecular formula is C14H25N3O4. The van der Waals surface area contributed by atoms with E-state index in [4.69, 9.17) is 0 Å². The largest absolute Gasteiger partial charge is 0.480 e. The van der Waals surface area contributed by atoms with E-state index >= 15 is 0 Å². The van der Waals surface area contributed by atoms with E-state index in [0.717, 1.165) is 6.42 Å². The number of amides is 3. The summed E-state index contributed by atoms with van der Waals surface area (Å²) in [6, 6.07) is -1.17. The van der Waals surface area contributed by atoms with E-state index in [1.54, 1.807) is 6.92 Å². The van der Waals surface area contributed by atoms with Crippen LogP contribution in [0.15, 0.2) is 0 Å². The fourth-order valence-electron chi connectivity index (χ4n) is 2.53. The average molecular weight is 299 g/mol. The third kappa shape index (κ3) is 4.61. The van der Waals surface area contributed by atoms with Crippen molar-refractivity contribution in [3.05, 3.63) is 0 Å². The number of aliphatic carboxylic acids is 1. The van der Waals surface area contributed by atoms with Gasteiger partial charge >= 0.3 is 12.0 Å². The SMILES string of the molecule is CCNC(=O)CN(CC)C(=O)N1CCC(C)CC1C(=O)O. The van der Waals surface area contributed by atoms with Gasteiger partial charge in [0, 0.05) is 19.6 Å². The molecule has 7 nitrogen and oxygen atoms in total. The highest BCUT2D eigenvalue weighted by Crippen LogP contribution is 2.23. The number of carbonyl (C=O) groups excluding carboxylic acids is 2. The molecule has 2 N–H and O–H groups in total. The Kier molecular flexibility index (Phi) is 6.45. The van der Waals surface area contributed by atoms with Crippen LogP contribution in [0.25, 0.3) is 0 Å². The Morgan fingerprint density at radius 1 is 1.33 bits per heavy atom. The van der Waals surface area contributed by atoms with Crippen LogP contribution in [0.2, 0.25) is 0 Å². The van der Waals surface area contributed by atoms with Gasteiger partial charge in [0.05, 0.1) is 0 Å². The fourth-order valence-corrected chi connectivity index (χ4v) is 2.53. The number of likely N-dealkylation sites (N-methyl/N-ethyl adjacent to an activating group) is 2. The molecule has 1 rings (SSSR count). The molecule has 1 saturated heterocycles. The standard InChI is InChI=1S/C14H25N3O4/c1-4-15-12(18)9-16(5-2)14(21)17-7-6-10(3)8-11(17)13(19)20/h10-11H,4-9H2,1-3H3,(H,15,18)(H,19,20). The number of rotatable bonds is 5. The quantitative estimate of drug-likeness (QED) is 0.784. The lowest BCUT2D eigenvalue weighted by molar-refractivity contribution is -0.144. The van der Waals surface area contributed by atoms with Gasteiger partial charge in [-0.1, -0.05) is 6.92 Å². The van der Waals surface area contributed by atoms with Crippen molar-refractivity contribution < 1.29 is 19.5 Å². The predicted octanol–water partition coefficient (Wildman–Crippen LogP) is 0.750. The summed E-state index contributed by atoms with van der Waals surface area (Å²) in [5.41, 5.74) is 0. The van der Waals surface area contributed by atoms with Crippen molar-refractivity contribution in [3.63, 3.8) is 0 Å². The number of likely N-dealkylation sites (tertiary alicyclic amines) is 1. The number of carboxylic acids is 1. The molecule has 0 saturated carbocycles. The van der Waals surface area contributed by atoms with Crippen LogP contribution in [0.1, 0.15) is 33.6 Å². The molecule has 2 unspecified atom stereocenters. The molecule has 0 bridgehead atoms. The van der Waals surface area contributed by atoms with Gasteiger partial charge in [0.15, 0.2) is 0 Å². The molecule has 2 atom stereocenters. The number of hydrogen-bond acceptors (Lipinski definition) is 3. The molecule has 0 aromatic carbocycles. The van der Waals surface area contributed by atoms with Gasteiger partial charge in [-0.05, 0) is 32.6 Å². The maximum atomic E-state index is 12.5. The minimum Gasteiger partial charge on any atom is -0.480 e. The third-order valence-electron chi connectivity index (χ3n) is 3.76. The molecule has 0 aromatic heterocycles. The Bertz CT molecular complexity index is 400. The minimum atomic E-state index is -0.982. The molecule has 0 aromatic rings. The number of nitrogens with one attached hydrogen (secondary N) is 1. The van der Waals surface area contributed by atoms with E-state index in [2.05, 4.69) is 5.32 Å². The number of carbonyl (C=O) groups is 3. The van der Waals surface area contributed by atoms with E-state index < -0.39 is 12.0 Å². The summed E-state index contributed by atoms with van der Waals surface area (Å²) in [6.07, 6.45) is 1.24. The van der Waals surface area contributed by atoms with Gasteiger partial charge < -0.3 is 20.2 Å². The predicted molar refractivity (Wildman–Crippen MR) is 77.9 cm³/mol. The van der Waals surface area contributed by atoms with Gasteiger partial charge in [0.25, 0.3) is 0 Å². The molecule has 21 heavy (non-hydrogen) atoms. The summed E-state index contributed by atoms with van der Waals surface area (Å²) in [5.74, 6) is -0.928. The number of nitrogens with zero attached hydrogens (tertiary/aromatic N) is 2. The third-order valence-corrected chi connectivity index (χ3v) is 3.76. The van der Waals surface area contributed by atoms with E-state index in [0.29, 0.717) is 26.1 Å². The van der Waals surface area contributed by atoms with Gasteiger partial charge in [0.2, 0.25) is 5.91 Å². The molecule has 1 aliphatic heterocycles. The summed E-state index contributed by atoms with van der Waals surface area (Å²) in [7, 11) is 0. The lowest BCUT2D eigenvalue weighted by Gasteiger charge is -2.38. The van der Waals surface area contributed by atoms with E-state index in [1.165, 1.54) is 9.80 Å². The van der Waals surface area contributed by atoms with Gasteiger partial charge in [-0.3, -0.25) is 4.79 Å². The monoisotopic (exact) mass is 299 g/mol. The summed E-state index contributed by atoms with van der Waals surface area (Å²) in [5, 5.41) is 11.9. The molecule has 3 amide bonds. The van der Waals surface area contributed by atoms with Crippen LogP contribution in [0, 0.1) is 5.92 Å². The topological polar surface area (TPSA) is 90.0 Å². The van der Waals surface area contributed by atoms with Gasteiger partial charge in [0.1, 0.15) is 12.6 Å². The van der Waals surface area contributed by atoms with Crippen molar-refractivity contribution in [1.29, 1.82) is 0 Å². The first-order valence-electron chi connectivity index (χ1n) is 7.45. The van der Waals surface area contributed by atoms with Gasteiger partial charge in [-0.2, -0.15) is 0 Å². The Labute approximate surface area is 125 Å². The maximum absolute atomic E-state index is 12.5. The first kappa shape index (κ1) is 17.3. The fraction of sp³-hybridized carbons (Fsp3) is 0.786. The summed E-state index contributed by atoms with van der Waals surface area (Å²) >= 11 is 0. The number of carboxylic acid groups (broad SMARTS) is 1. The number of hydrogen-bond donors (Lipinski definition) is 2. The highest BCUT2D eigenvalue weighted by molar-refractivity contribution is 5.86.